The summed E-state index contributed by atoms with van der Waals surface area (Å²) in [5, 5.41) is 12.2. The maximum absolute atomic E-state index is 14.1. The number of carboxylic acids is 1. The molecule has 11 heteroatoms. The van der Waals surface area contributed by atoms with Gasteiger partial charge in [0.05, 0.1) is 5.02 Å². The monoisotopic (exact) mass is 365 g/mol. The van der Waals surface area contributed by atoms with E-state index in [1.807, 2.05) is 0 Å². The third-order valence-electron chi connectivity index (χ3n) is 3.06. The second kappa shape index (κ2) is 6.56. The van der Waals surface area contributed by atoms with Crippen LogP contribution in [-0.2, 0) is 4.79 Å². The Balaban J connectivity index is 2.58. The van der Waals surface area contributed by atoms with Crippen LogP contribution in [0.2, 0.25) is 5.02 Å². The minimum atomic E-state index is -3.15. The van der Waals surface area contributed by atoms with Crippen molar-refractivity contribution in [1.82, 2.24) is 14.3 Å². The minimum Gasteiger partial charge on any atom is -0.479 e. The van der Waals surface area contributed by atoms with Crippen molar-refractivity contribution in [2.45, 2.75) is 26.5 Å². The maximum Gasteiger partial charge on any atom is 0.355 e. The van der Waals surface area contributed by atoms with E-state index in [0.29, 0.717) is 4.68 Å². The first-order valence-electron chi connectivity index (χ1n) is 6.48. The highest BCUT2D eigenvalue weighted by Gasteiger charge is 2.22. The lowest BCUT2D eigenvalue weighted by Crippen LogP contribution is -2.26. The molecule has 0 saturated heterocycles. The van der Waals surface area contributed by atoms with Crippen LogP contribution in [-0.4, -0.2) is 31.5 Å². The van der Waals surface area contributed by atoms with Crippen LogP contribution >= 0.6 is 11.6 Å². The Labute approximate surface area is 137 Å². The number of hydrogen-bond donors (Lipinski definition) is 1. The number of nitrogens with zero attached hydrogens (tertiary/aromatic N) is 3. The molecule has 0 aliphatic heterocycles. The van der Waals surface area contributed by atoms with Gasteiger partial charge in [-0.05, 0) is 19.9 Å². The highest BCUT2D eigenvalue weighted by molar-refractivity contribution is 6.32. The van der Waals surface area contributed by atoms with Gasteiger partial charge in [0.25, 0.3) is 0 Å². The SMILES string of the molecule is Cc1nn(-c2cc(OC(C)C(=O)O)c(Cl)cc2F)c(=O)n1C(F)F. The molecular formula is C13H11ClF3N3O4. The Morgan fingerprint density at radius 1 is 1.42 bits per heavy atom. The van der Waals surface area contributed by atoms with Crippen molar-refractivity contribution in [2.24, 2.45) is 0 Å². The van der Waals surface area contributed by atoms with Crippen molar-refractivity contribution >= 4 is 17.6 Å². The Kier molecular flexibility index (Phi) is 4.88. The standard InChI is InChI=1S/C13H11ClF3N3O4/c1-5(11(21)22)24-10-4-9(8(15)3-7(10)14)20-13(23)19(12(16)17)6(2)18-20/h3-5,12H,1-2H3,(H,21,22). The van der Waals surface area contributed by atoms with E-state index >= 15 is 0 Å². The van der Waals surface area contributed by atoms with Gasteiger partial charge in [0, 0.05) is 6.07 Å². The van der Waals surface area contributed by atoms with Crippen molar-refractivity contribution in [3.05, 3.63) is 39.3 Å². The molecule has 0 aliphatic rings. The fraction of sp³-hybridized carbons (Fsp3) is 0.308. The second-order valence-electron chi connectivity index (χ2n) is 4.72. The van der Waals surface area contributed by atoms with Gasteiger partial charge in [-0.25, -0.2) is 18.5 Å². The van der Waals surface area contributed by atoms with Crippen molar-refractivity contribution in [3.63, 3.8) is 0 Å². The third-order valence-corrected chi connectivity index (χ3v) is 3.35. The highest BCUT2D eigenvalue weighted by atomic mass is 35.5. The summed E-state index contributed by atoms with van der Waals surface area (Å²) in [6.07, 6.45) is -1.31. The largest absolute Gasteiger partial charge is 0.479 e. The van der Waals surface area contributed by atoms with E-state index < -0.39 is 35.8 Å². The summed E-state index contributed by atoms with van der Waals surface area (Å²) in [4.78, 5) is 22.8. The van der Waals surface area contributed by atoms with Gasteiger partial charge in [0.2, 0.25) is 0 Å². The number of ether oxygens (including phenoxy) is 1. The maximum atomic E-state index is 14.1. The molecule has 2 rings (SSSR count). The fourth-order valence-electron chi connectivity index (χ4n) is 1.87. The molecule has 24 heavy (non-hydrogen) atoms. The molecule has 1 aromatic carbocycles. The normalized spacial score (nSPS) is 12.5. The topological polar surface area (TPSA) is 86.4 Å². The molecule has 0 aliphatic carbocycles. The average molecular weight is 366 g/mol. The van der Waals surface area contributed by atoms with E-state index in [2.05, 4.69) is 5.10 Å². The van der Waals surface area contributed by atoms with Crippen LogP contribution in [0.15, 0.2) is 16.9 Å². The zero-order chi connectivity index (χ0) is 18.2. The lowest BCUT2D eigenvalue weighted by molar-refractivity contribution is -0.144. The summed E-state index contributed by atoms with van der Waals surface area (Å²) >= 11 is 5.77. The van der Waals surface area contributed by atoms with Crippen LogP contribution in [0.25, 0.3) is 5.69 Å². The second-order valence-corrected chi connectivity index (χ2v) is 5.13. The van der Waals surface area contributed by atoms with Crippen molar-refractivity contribution in [1.29, 1.82) is 0 Å². The number of aryl methyl sites for hydroxylation is 1. The average Bonchev–Trinajstić information content (AvgIpc) is 2.76. The Morgan fingerprint density at radius 3 is 2.54 bits per heavy atom. The summed E-state index contributed by atoms with van der Waals surface area (Å²) in [5.74, 6) is -2.88. The Morgan fingerprint density at radius 2 is 2.04 bits per heavy atom. The quantitative estimate of drug-likeness (QED) is 0.879. The van der Waals surface area contributed by atoms with Crippen LogP contribution < -0.4 is 10.4 Å². The van der Waals surface area contributed by atoms with Crippen LogP contribution in [0.5, 0.6) is 5.75 Å². The van der Waals surface area contributed by atoms with Crippen molar-refractivity contribution < 1.29 is 27.8 Å². The molecule has 1 atom stereocenters. The van der Waals surface area contributed by atoms with Gasteiger partial charge in [-0.1, -0.05) is 11.6 Å². The zero-order valence-corrected chi connectivity index (χ0v) is 13.1. The summed E-state index contributed by atoms with van der Waals surface area (Å²) < 4.78 is 45.3. The van der Waals surface area contributed by atoms with Gasteiger partial charge in [0.15, 0.2) is 11.9 Å². The molecule has 0 radical (unpaired) electrons. The molecule has 130 valence electrons. The number of benzene rings is 1. The number of aliphatic carboxylic acids is 1. The smallest absolute Gasteiger partial charge is 0.355 e. The molecule has 0 spiro atoms. The van der Waals surface area contributed by atoms with Gasteiger partial charge in [-0.3, -0.25) is 0 Å². The molecule has 1 heterocycles. The highest BCUT2D eigenvalue weighted by Crippen LogP contribution is 2.30. The number of hydrogen-bond acceptors (Lipinski definition) is 4. The summed E-state index contributed by atoms with van der Waals surface area (Å²) in [6.45, 7) is -0.782. The van der Waals surface area contributed by atoms with E-state index in [9.17, 15) is 22.8 Å². The molecule has 1 unspecified atom stereocenters. The number of carboxylic acid groups (broad SMARTS) is 1. The summed E-state index contributed by atoms with van der Waals surface area (Å²) in [6, 6.07) is 1.69. The van der Waals surface area contributed by atoms with Crippen LogP contribution in [0.1, 0.15) is 19.3 Å². The Hall–Kier alpha value is -2.49. The van der Waals surface area contributed by atoms with Crippen LogP contribution in [0.3, 0.4) is 0 Å². The predicted octanol–water partition coefficient (Wildman–Crippen LogP) is 2.38. The van der Waals surface area contributed by atoms with Gasteiger partial charge >= 0.3 is 18.2 Å². The van der Waals surface area contributed by atoms with Crippen molar-refractivity contribution in [2.75, 3.05) is 0 Å². The molecule has 7 nitrogen and oxygen atoms in total. The van der Waals surface area contributed by atoms with E-state index in [4.69, 9.17) is 21.4 Å². The first-order chi connectivity index (χ1) is 11.1. The van der Waals surface area contributed by atoms with E-state index in [1.54, 1.807) is 0 Å². The number of aromatic nitrogens is 3. The zero-order valence-electron chi connectivity index (χ0n) is 12.3. The van der Waals surface area contributed by atoms with Crippen molar-refractivity contribution in [3.8, 4) is 11.4 Å². The molecule has 0 saturated carbocycles. The van der Waals surface area contributed by atoms with Gasteiger partial charge in [-0.15, -0.1) is 5.10 Å². The lowest BCUT2D eigenvalue weighted by Gasteiger charge is -2.13. The van der Waals surface area contributed by atoms with Crippen LogP contribution in [0.4, 0.5) is 13.2 Å². The fourth-order valence-corrected chi connectivity index (χ4v) is 2.06. The van der Waals surface area contributed by atoms with E-state index in [-0.39, 0.29) is 21.2 Å². The van der Waals surface area contributed by atoms with Gasteiger partial charge in [-0.2, -0.15) is 13.5 Å². The molecule has 1 aromatic heterocycles. The van der Waals surface area contributed by atoms with E-state index in [0.717, 1.165) is 19.1 Å². The lowest BCUT2D eigenvalue weighted by atomic mass is 10.2. The van der Waals surface area contributed by atoms with Gasteiger partial charge < -0.3 is 9.84 Å². The first-order valence-corrected chi connectivity index (χ1v) is 6.86. The molecule has 0 bridgehead atoms. The number of alkyl halides is 2. The summed E-state index contributed by atoms with van der Waals surface area (Å²) in [5.41, 5.74) is -1.76. The van der Waals surface area contributed by atoms with Gasteiger partial charge in [0.1, 0.15) is 17.3 Å². The number of rotatable bonds is 5. The third kappa shape index (κ3) is 3.23. The van der Waals surface area contributed by atoms with E-state index in [1.165, 1.54) is 6.92 Å². The first kappa shape index (κ1) is 17.9. The Bertz CT molecular complexity index is 850. The molecule has 0 fully saturated rings. The molecule has 2 aromatic rings. The molecule has 1 N–H and O–H groups in total. The molecular weight excluding hydrogens is 355 g/mol. The predicted molar refractivity (Wildman–Crippen MR) is 76.5 cm³/mol. The number of carbonyl (C=O) groups is 1. The minimum absolute atomic E-state index is 0.0778. The van der Waals surface area contributed by atoms with Crippen LogP contribution in [0, 0.1) is 12.7 Å². The number of halogens is 4. The molecule has 0 amide bonds. The summed E-state index contributed by atoms with van der Waals surface area (Å²) in [7, 11) is 0.